The zero-order valence-corrected chi connectivity index (χ0v) is 15.1. The Hall–Kier alpha value is -3.39. The minimum Gasteiger partial charge on any atom is -0.366 e. The van der Waals surface area contributed by atoms with Gasteiger partial charge in [0.15, 0.2) is 0 Å². The highest BCUT2D eigenvalue weighted by Gasteiger charge is 2.18. The van der Waals surface area contributed by atoms with Crippen molar-refractivity contribution in [2.24, 2.45) is 5.73 Å². The molecule has 27 heavy (non-hydrogen) atoms. The molecule has 0 bridgehead atoms. The SMILES string of the molecule is NC(=O)c1c(Cc2ccccc2)cc2ccccc2c1Cc1ccccc1. The van der Waals surface area contributed by atoms with Crippen LogP contribution in [0.2, 0.25) is 0 Å². The molecule has 2 nitrogen and oxygen atoms in total. The fraction of sp³-hybridized carbons (Fsp3) is 0.0800. The summed E-state index contributed by atoms with van der Waals surface area (Å²) in [6, 6.07) is 30.7. The largest absolute Gasteiger partial charge is 0.366 e. The molecule has 2 heteroatoms. The number of hydrogen-bond donors (Lipinski definition) is 1. The highest BCUT2D eigenvalue weighted by atomic mass is 16.1. The smallest absolute Gasteiger partial charge is 0.249 e. The van der Waals surface area contributed by atoms with Crippen LogP contribution in [0, 0.1) is 0 Å². The predicted molar refractivity (Wildman–Crippen MR) is 111 cm³/mol. The van der Waals surface area contributed by atoms with Crippen LogP contribution in [0.3, 0.4) is 0 Å². The lowest BCUT2D eigenvalue weighted by Gasteiger charge is -2.17. The summed E-state index contributed by atoms with van der Waals surface area (Å²) < 4.78 is 0. The topological polar surface area (TPSA) is 43.1 Å². The molecular formula is C25H21NO. The predicted octanol–water partition coefficient (Wildman–Crippen LogP) is 5.12. The number of hydrogen-bond acceptors (Lipinski definition) is 1. The number of carbonyl (C=O) groups is 1. The summed E-state index contributed by atoms with van der Waals surface area (Å²) in [6.45, 7) is 0. The minimum atomic E-state index is -0.363. The number of carbonyl (C=O) groups excluding carboxylic acids is 1. The number of fused-ring (bicyclic) bond motifs is 1. The van der Waals surface area contributed by atoms with E-state index in [1.54, 1.807) is 0 Å². The van der Waals surface area contributed by atoms with Gasteiger partial charge in [-0.1, -0.05) is 91.0 Å². The molecule has 1 amide bonds. The van der Waals surface area contributed by atoms with Crippen molar-refractivity contribution in [1.29, 1.82) is 0 Å². The van der Waals surface area contributed by atoms with Crippen molar-refractivity contribution in [2.45, 2.75) is 12.8 Å². The van der Waals surface area contributed by atoms with E-state index in [0.717, 1.165) is 21.9 Å². The Bertz CT molecular complexity index is 1090. The van der Waals surface area contributed by atoms with Crippen LogP contribution in [0.4, 0.5) is 0 Å². The van der Waals surface area contributed by atoms with Crippen LogP contribution in [0.1, 0.15) is 32.6 Å². The quantitative estimate of drug-likeness (QED) is 0.533. The van der Waals surface area contributed by atoms with E-state index in [1.165, 1.54) is 11.1 Å². The van der Waals surface area contributed by atoms with Gasteiger partial charge in [-0.3, -0.25) is 4.79 Å². The molecule has 0 radical (unpaired) electrons. The third-order valence-corrected chi connectivity index (χ3v) is 4.95. The first-order valence-electron chi connectivity index (χ1n) is 9.13. The summed E-state index contributed by atoms with van der Waals surface area (Å²) in [5.74, 6) is -0.363. The van der Waals surface area contributed by atoms with Crippen LogP contribution in [-0.4, -0.2) is 5.91 Å². The summed E-state index contributed by atoms with van der Waals surface area (Å²) in [4.78, 5) is 12.5. The maximum Gasteiger partial charge on any atom is 0.249 e. The fourth-order valence-corrected chi connectivity index (χ4v) is 3.73. The Kier molecular flexibility index (Phi) is 4.71. The van der Waals surface area contributed by atoms with E-state index in [-0.39, 0.29) is 5.91 Å². The third kappa shape index (κ3) is 3.61. The standard InChI is InChI=1S/C25H21NO/c26-25(27)24-21(15-18-9-3-1-4-10-18)17-20-13-7-8-14-22(20)23(24)16-19-11-5-2-6-12-19/h1-14,17H,15-16H2,(H2,26,27). The lowest BCUT2D eigenvalue weighted by atomic mass is 9.87. The maximum absolute atomic E-state index is 12.5. The zero-order chi connectivity index (χ0) is 18.6. The van der Waals surface area contributed by atoms with Gasteiger partial charge in [-0.25, -0.2) is 0 Å². The third-order valence-electron chi connectivity index (χ3n) is 4.95. The van der Waals surface area contributed by atoms with Crippen molar-refractivity contribution < 1.29 is 4.79 Å². The van der Waals surface area contributed by atoms with Crippen molar-refractivity contribution >= 4 is 16.7 Å². The number of primary amides is 1. The van der Waals surface area contributed by atoms with Crippen LogP contribution >= 0.6 is 0 Å². The molecule has 0 aliphatic carbocycles. The molecule has 4 aromatic carbocycles. The first kappa shape index (κ1) is 17.0. The first-order valence-corrected chi connectivity index (χ1v) is 9.13. The molecule has 0 aliphatic heterocycles. The number of benzene rings is 4. The Labute approximate surface area is 159 Å². The van der Waals surface area contributed by atoms with Crippen molar-refractivity contribution in [3.8, 4) is 0 Å². The van der Waals surface area contributed by atoms with Crippen molar-refractivity contribution in [2.75, 3.05) is 0 Å². The van der Waals surface area contributed by atoms with E-state index >= 15 is 0 Å². The van der Waals surface area contributed by atoms with Gasteiger partial charge < -0.3 is 5.73 Å². The second kappa shape index (κ2) is 7.46. The van der Waals surface area contributed by atoms with Gasteiger partial charge in [-0.15, -0.1) is 0 Å². The van der Waals surface area contributed by atoms with Gasteiger partial charge in [0.25, 0.3) is 0 Å². The van der Waals surface area contributed by atoms with E-state index in [4.69, 9.17) is 5.73 Å². The summed E-state index contributed by atoms with van der Waals surface area (Å²) in [7, 11) is 0. The molecule has 0 atom stereocenters. The first-order chi connectivity index (χ1) is 13.2. The van der Waals surface area contributed by atoms with Crippen molar-refractivity contribution in [1.82, 2.24) is 0 Å². The van der Waals surface area contributed by atoms with E-state index in [9.17, 15) is 4.79 Å². The van der Waals surface area contributed by atoms with Gasteiger partial charge in [-0.2, -0.15) is 0 Å². The van der Waals surface area contributed by atoms with Gasteiger partial charge in [0.05, 0.1) is 0 Å². The normalized spacial score (nSPS) is 10.8. The van der Waals surface area contributed by atoms with Gasteiger partial charge in [-0.05, 0) is 45.9 Å². The van der Waals surface area contributed by atoms with Gasteiger partial charge in [0, 0.05) is 5.56 Å². The lowest BCUT2D eigenvalue weighted by Crippen LogP contribution is -2.17. The highest BCUT2D eigenvalue weighted by Crippen LogP contribution is 2.29. The minimum absolute atomic E-state index is 0.363. The molecule has 0 aromatic heterocycles. The Balaban J connectivity index is 1.92. The van der Waals surface area contributed by atoms with E-state index in [0.29, 0.717) is 18.4 Å². The van der Waals surface area contributed by atoms with Crippen LogP contribution < -0.4 is 5.73 Å². The summed E-state index contributed by atoms with van der Waals surface area (Å²) in [5.41, 5.74) is 10.9. The van der Waals surface area contributed by atoms with E-state index < -0.39 is 0 Å². The number of nitrogens with two attached hydrogens (primary N) is 1. The Morgan fingerprint density at radius 1 is 0.704 bits per heavy atom. The second-order valence-electron chi connectivity index (χ2n) is 6.80. The van der Waals surface area contributed by atoms with Gasteiger partial charge in [0.2, 0.25) is 5.91 Å². The molecule has 2 N–H and O–H groups in total. The zero-order valence-electron chi connectivity index (χ0n) is 15.1. The highest BCUT2D eigenvalue weighted by molar-refractivity contribution is 6.02. The number of rotatable bonds is 5. The van der Waals surface area contributed by atoms with Crippen LogP contribution in [0.15, 0.2) is 91.0 Å². The molecule has 4 aromatic rings. The molecule has 0 aliphatic rings. The van der Waals surface area contributed by atoms with Crippen LogP contribution in [-0.2, 0) is 12.8 Å². The molecule has 0 saturated carbocycles. The average molecular weight is 351 g/mol. The van der Waals surface area contributed by atoms with Gasteiger partial charge >= 0.3 is 0 Å². The van der Waals surface area contributed by atoms with E-state index in [2.05, 4.69) is 42.5 Å². The fourth-order valence-electron chi connectivity index (χ4n) is 3.73. The molecule has 0 spiro atoms. The number of amides is 1. The van der Waals surface area contributed by atoms with Crippen LogP contribution in [0.5, 0.6) is 0 Å². The Morgan fingerprint density at radius 3 is 1.89 bits per heavy atom. The Morgan fingerprint density at radius 2 is 1.26 bits per heavy atom. The molecule has 0 heterocycles. The van der Waals surface area contributed by atoms with Gasteiger partial charge in [0.1, 0.15) is 0 Å². The van der Waals surface area contributed by atoms with E-state index in [1.807, 2.05) is 48.5 Å². The summed E-state index contributed by atoms with van der Waals surface area (Å²) >= 11 is 0. The molecule has 0 saturated heterocycles. The lowest BCUT2D eigenvalue weighted by molar-refractivity contribution is 0.0999. The molecule has 0 unspecified atom stereocenters. The van der Waals surface area contributed by atoms with Crippen molar-refractivity contribution in [3.05, 3.63) is 119 Å². The average Bonchev–Trinajstić information content (AvgIpc) is 2.69. The molecular weight excluding hydrogens is 330 g/mol. The monoisotopic (exact) mass is 351 g/mol. The molecule has 0 fully saturated rings. The van der Waals surface area contributed by atoms with Crippen molar-refractivity contribution in [3.63, 3.8) is 0 Å². The summed E-state index contributed by atoms with van der Waals surface area (Å²) in [6.07, 6.45) is 1.37. The second-order valence-corrected chi connectivity index (χ2v) is 6.80. The van der Waals surface area contributed by atoms with Crippen LogP contribution in [0.25, 0.3) is 10.8 Å². The molecule has 132 valence electrons. The molecule has 4 rings (SSSR count). The maximum atomic E-state index is 12.5. The summed E-state index contributed by atoms with van der Waals surface area (Å²) in [5, 5.41) is 2.23.